The van der Waals surface area contributed by atoms with Crippen LogP contribution in [0, 0.1) is 11.8 Å². The van der Waals surface area contributed by atoms with Crippen LogP contribution in [0.3, 0.4) is 0 Å². The maximum absolute atomic E-state index is 13.1. The Kier molecular flexibility index (Phi) is 67.4. The molecule has 0 heterocycles. The van der Waals surface area contributed by atoms with Crippen molar-refractivity contribution in [2.24, 2.45) is 11.8 Å². The largest absolute Gasteiger partial charge is 0.472 e. The maximum Gasteiger partial charge on any atom is 0.472 e. The van der Waals surface area contributed by atoms with Gasteiger partial charge in [0, 0.05) is 25.7 Å². The fraction of sp³-hybridized carbons (Fsp3) is 0.948. The summed E-state index contributed by atoms with van der Waals surface area (Å²) in [5.41, 5.74) is 0. The predicted octanol–water partition coefficient (Wildman–Crippen LogP) is 22.7. The predicted molar refractivity (Wildman–Crippen MR) is 391 cm³/mol. The van der Waals surface area contributed by atoms with E-state index in [1.165, 1.54) is 212 Å². The molecule has 6 atom stereocenters. The summed E-state index contributed by atoms with van der Waals surface area (Å²) in [5, 5.41) is 10.6. The van der Waals surface area contributed by atoms with Crippen LogP contribution in [0.25, 0.3) is 0 Å². The number of phosphoric ester groups is 2. The molecule has 0 aliphatic rings. The maximum atomic E-state index is 13.1. The Hall–Kier alpha value is -1.94. The number of aliphatic hydroxyl groups is 1. The van der Waals surface area contributed by atoms with Crippen molar-refractivity contribution in [3.63, 3.8) is 0 Å². The van der Waals surface area contributed by atoms with Crippen LogP contribution in [0.15, 0.2) is 0 Å². The highest BCUT2D eigenvalue weighted by molar-refractivity contribution is 7.47. The van der Waals surface area contributed by atoms with E-state index in [0.29, 0.717) is 31.6 Å². The molecule has 0 aromatic carbocycles. The number of rotatable bonds is 76. The molecule has 0 radical (unpaired) electrons. The molecule has 0 aromatic rings. The lowest BCUT2D eigenvalue weighted by molar-refractivity contribution is -0.161. The third-order valence-electron chi connectivity index (χ3n) is 18.3. The number of esters is 4. The summed E-state index contributed by atoms with van der Waals surface area (Å²) < 4.78 is 68.6. The van der Waals surface area contributed by atoms with Crippen LogP contribution in [0.5, 0.6) is 0 Å². The first-order valence-electron chi connectivity index (χ1n) is 40.0. The molecule has 0 fully saturated rings. The van der Waals surface area contributed by atoms with Crippen molar-refractivity contribution in [2.45, 2.75) is 419 Å². The molecular weight excluding hydrogens is 1260 g/mol. The summed E-state index contributed by atoms with van der Waals surface area (Å²) in [6.45, 7) is 9.58. The highest BCUT2D eigenvalue weighted by atomic mass is 31.2. The smallest absolute Gasteiger partial charge is 0.462 e. The van der Waals surface area contributed by atoms with E-state index in [-0.39, 0.29) is 25.7 Å². The van der Waals surface area contributed by atoms with Gasteiger partial charge in [-0.1, -0.05) is 350 Å². The Labute approximate surface area is 588 Å². The van der Waals surface area contributed by atoms with E-state index < -0.39 is 97.5 Å². The molecule has 570 valence electrons. The Bertz CT molecular complexity index is 1860. The average molecular weight is 1410 g/mol. The monoisotopic (exact) mass is 1410 g/mol. The number of carbonyl (C=O) groups excluding carboxylic acids is 4. The molecule has 0 aliphatic carbocycles. The molecule has 3 unspecified atom stereocenters. The van der Waals surface area contributed by atoms with E-state index in [4.69, 9.17) is 37.0 Å². The topological polar surface area (TPSA) is 237 Å². The summed E-state index contributed by atoms with van der Waals surface area (Å²) in [4.78, 5) is 72.8. The molecule has 0 saturated heterocycles. The van der Waals surface area contributed by atoms with Gasteiger partial charge in [0.05, 0.1) is 26.4 Å². The van der Waals surface area contributed by atoms with Gasteiger partial charge in [-0.15, -0.1) is 0 Å². The van der Waals surface area contributed by atoms with Gasteiger partial charge in [0.25, 0.3) is 0 Å². The van der Waals surface area contributed by atoms with Gasteiger partial charge in [-0.05, 0) is 37.5 Å². The van der Waals surface area contributed by atoms with Gasteiger partial charge >= 0.3 is 39.5 Å². The van der Waals surface area contributed by atoms with Crippen molar-refractivity contribution in [3.05, 3.63) is 0 Å². The minimum absolute atomic E-state index is 0.107. The van der Waals surface area contributed by atoms with Gasteiger partial charge in [0.2, 0.25) is 0 Å². The van der Waals surface area contributed by atoms with Gasteiger partial charge in [-0.2, -0.15) is 0 Å². The number of carbonyl (C=O) groups is 4. The second kappa shape index (κ2) is 68.8. The quantitative estimate of drug-likeness (QED) is 0.0222. The highest BCUT2D eigenvalue weighted by Gasteiger charge is 2.30. The normalized spacial score (nSPS) is 14.3. The first kappa shape index (κ1) is 94.1. The summed E-state index contributed by atoms with van der Waals surface area (Å²) in [6.07, 6.45) is 56.9. The van der Waals surface area contributed by atoms with Crippen LogP contribution in [-0.2, 0) is 65.4 Å². The summed E-state index contributed by atoms with van der Waals surface area (Å²) in [7, 11) is -9.91. The highest BCUT2D eigenvalue weighted by Crippen LogP contribution is 2.45. The van der Waals surface area contributed by atoms with Crippen LogP contribution in [0.2, 0.25) is 0 Å². The van der Waals surface area contributed by atoms with E-state index in [1.54, 1.807) is 0 Å². The molecule has 0 aliphatic heterocycles. The van der Waals surface area contributed by atoms with E-state index in [2.05, 4.69) is 41.5 Å². The standard InChI is InChI=1S/C77H150O17P2/c1-7-10-12-14-16-18-20-22-23-24-25-26-27-29-31-37-43-50-56-62-77(82)93-72(65-87-74(79)59-53-47-41-35-33-32-34-40-46-52-58-70(6)9-3)67-91-95(83,84)89-63-71(78)64-90-96(85,86)92-68-73(66-88-75(80)60-54-48-44-38-39-45-51-57-69(4)5)94-76(81)61-55-49-42-36-30-28-21-19-17-15-13-11-8-2/h69-73,78H,7-68H2,1-6H3,(H,83,84)(H,85,86)/t70?,71-,72-,73-/m1/s1. The molecule has 0 spiro atoms. The molecule has 3 N–H and O–H groups in total. The molecule has 0 aromatic heterocycles. The van der Waals surface area contributed by atoms with Gasteiger partial charge in [-0.25, -0.2) is 9.13 Å². The summed E-state index contributed by atoms with van der Waals surface area (Å²) in [5.74, 6) is -0.599. The van der Waals surface area contributed by atoms with Crippen molar-refractivity contribution < 1.29 is 80.2 Å². The number of hydrogen-bond donors (Lipinski definition) is 3. The zero-order valence-corrected chi connectivity index (χ0v) is 64.5. The number of phosphoric acid groups is 2. The van der Waals surface area contributed by atoms with Crippen molar-refractivity contribution >= 4 is 39.5 Å². The molecule has 19 heteroatoms. The molecular formula is C77H150O17P2. The van der Waals surface area contributed by atoms with E-state index >= 15 is 0 Å². The lowest BCUT2D eigenvalue weighted by Crippen LogP contribution is -2.30. The fourth-order valence-corrected chi connectivity index (χ4v) is 13.4. The number of unbranched alkanes of at least 4 members (excludes halogenated alkanes) is 45. The van der Waals surface area contributed by atoms with Crippen LogP contribution in [0.1, 0.15) is 401 Å². The van der Waals surface area contributed by atoms with Crippen LogP contribution < -0.4 is 0 Å². The molecule has 0 bridgehead atoms. The van der Waals surface area contributed by atoms with Crippen LogP contribution in [0.4, 0.5) is 0 Å². The van der Waals surface area contributed by atoms with Crippen molar-refractivity contribution in [1.29, 1.82) is 0 Å². The third kappa shape index (κ3) is 69.2. The number of ether oxygens (including phenoxy) is 4. The van der Waals surface area contributed by atoms with Crippen molar-refractivity contribution in [1.82, 2.24) is 0 Å². The molecule has 17 nitrogen and oxygen atoms in total. The Morgan fingerprint density at radius 2 is 0.531 bits per heavy atom. The Morgan fingerprint density at radius 3 is 0.792 bits per heavy atom. The number of hydrogen-bond acceptors (Lipinski definition) is 15. The fourth-order valence-electron chi connectivity index (χ4n) is 11.8. The summed E-state index contributed by atoms with van der Waals surface area (Å²) >= 11 is 0. The molecule has 0 amide bonds. The van der Waals surface area contributed by atoms with Crippen LogP contribution in [-0.4, -0.2) is 96.7 Å². The van der Waals surface area contributed by atoms with Gasteiger partial charge in [0.1, 0.15) is 19.3 Å². The van der Waals surface area contributed by atoms with E-state index in [1.807, 2.05) is 0 Å². The zero-order valence-electron chi connectivity index (χ0n) is 62.7. The first-order valence-corrected chi connectivity index (χ1v) is 43.0. The third-order valence-corrected chi connectivity index (χ3v) is 20.2. The molecule has 96 heavy (non-hydrogen) atoms. The Morgan fingerprint density at radius 1 is 0.302 bits per heavy atom. The summed E-state index contributed by atoms with van der Waals surface area (Å²) in [6, 6.07) is 0. The first-order chi connectivity index (χ1) is 46.4. The zero-order chi connectivity index (χ0) is 70.7. The lowest BCUT2D eigenvalue weighted by atomic mass is 9.99. The number of aliphatic hydroxyl groups excluding tert-OH is 1. The van der Waals surface area contributed by atoms with Crippen molar-refractivity contribution in [3.8, 4) is 0 Å². The SMILES string of the molecule is CCCCCCCCCCCCCCCCCCCCCC(=O)O[C@H](COC(=O)CCCCCCCCCCCCC(C)CC)COP(=O)(O)OC[C@@H](O)COP(=O)(O)OC[C@@H](COC(=O)CCCCCCCCCC(C)C)OC(=O)CCCCCCCCCCCCCCC. The van der Waals surface area contributed by atoms with Gasteiger partial charge in [0.15, 0.2) is 12.2 Å². The second-order valence-electron chi connectivity index (χ2n) is 28.5. The lowest BCUT2D eigenvalue weighted by Gasteiger charge is -2.21. The van der Waals surface area contributed by atoms with Gasteiger partial charge < -0.3 is 33.8 Å². The minimum Gasteiger partial charge on any atom is -0.462 e. The van der Waals surface area contributed by atoms with Crippen LogP contribution >= 0.6 is 15.6 Å². The molecule has 0 saturated carbocycles. The van der Waals surface area contributed by atoms with Crippen molar-refractivity contribution in [2.75, 3.05) is 39.6 Å². The molecule has 0 rings (SSSR count). The average Bonchev–Trinajstić information content (AvgIpc) is 1.36. The van der Waals surface area contributed by atoms with Gasteiger partial charge in [-0.3, -0.25) is 37.3 Å². The minimum atomic E-state index is -4.96. The van der Waals surface area contributed by atoms with E-state index in [9.17, 15) is 43.2 Å². The Balaban J connectivity index is 5.24. The van der Waals surface area contributed by atoms with E-state index in [0.717, 1.165) is 102 Å². The second-order valence-corrected chi connectivity index (χ2v) is 31.4.